The summed E-state index contributed by atoms with van der Waals surface area (Å²) in [5.41, 5.74) is 2.31. The van der Waals surface area contributed by atoms with Crippen LogP contribution in [-0.4, -0.2) is 41.6 Å². The summed E-state index contributed by atoms with van der Waals surface area (Å²) in [6.07, 6.45) is 3.81. The monoisotopic (exact) mass is 337 g/mol. The third kappa shape index (κ3) is 3.07. The second-order valence-electron chi connectivity index (χ2n) is 6.57. The van der Waals surface area contributed by atoms with Crippen LogP contribution < -0.4 is 9.80 Å². The van der Waals surface area contributed by atoms with Crippen molar-refractivity contribution in [2.75, 3.05) is 29.4 Å². The standard InChI is InChI=1S/C19H19N3O3/c23-18(15-8-7-14(11-20-15)19(24)25)22-10-9-21(12-13-5-6-13)16-3-1-2-4-17(16)22/h1-4,7-8,11,13H,5-6,9-10,12H2,(H,24,25). The zero-order valence-electron chi connectivity index (χ0n) is 13.8. The number of hydrogen-bond donors (Lipinski definition) is 1. The predicted molar refractivity (Wildman–Crippen MR) is 94.3 cm³/mol. The molecule has 4 rings (SSSR count). The second-order valence-corrected chi connectivity index (χ2v) is 6.57. The van der Waals surface area contributed by atoms with Gasteiger partial charge in [-0.1, -0.05) is 12.1 Å². The summed E-state index contributed by atoms with van der Waals surface area (Å²) < 4.78 is 0. The number of carbonyl (C=O) groups excluding carboxylic acids is 1. The van der Waals surface area contributed by atoms with Crippen molar-refractivity contribution in [1.29, 1.82) is 0 Å². The second kappa shape index (κ2) is 6.20. The van der Waals surface area contributed by atoms with Gasteiger partial charge in [-0.3, -0.25) is 9.78 Å². The maximum Gasteiger partial charge on any atom is 0.337 e. The number of aromatic carboxylic acids is 1. The van der Waals surface area contributed by atoms with Crippen LogP contribution in [0.3, 0.4) is 0 Å². The van der Waals surface area contributed by atoms with Crippen molar-refractivity contribution in [3.8, 4) is 0 Å². The van der Waals surface area contributed by atoms with E-state index in [0.717, 1.165) is 30.4 Å². The minimum atomic E-state index is -1.05. The third-order valence-corrected chi connectivity index (χ3v) is 4.76. The van der Waals surface area contributed by atoms with Crippen LogP contribution in [0, 0.1) is 5.92 Å². The van der Waals surface area contributed by atoms with Gasteiger partial charge < -0.3 is 14.9 Å². The van der Waals surface area contributed by atoms with Crippen molar-refractivity contribution in [3.63, 3.8) is 0 Å². The molecule has 0 radical (unpaired) electrons. The molecule has 1 saturated carbocycles. The first kappa shape index (κ1) is 15.6. The van der Waals surface area contributed by atoms with Gasteiger partial charge in [0.15, 0.2) is 0 Å². The maximum absolute atomic E-state index is 12.9. The molecule has 1 aromatic carbocycles. The molecular weight excluding hydrogens is 318 g/mol. The number of nitrogens with zero attached hydrogens (tertiary/aromatic N) is 3. The van der Waals surface area contributed by atoms with Crippen LogP contribution in [0.5, 0.6) is 0 Å². The molecule has 0 saturated heterocycles. The van der Waals surface area contributed by atoms with Gasteiger partial charge in [-0.15, -0.1) is 0 Å². The fourth-order valence-corrected chi connectivity index (χ4v) is 3.22. The molecule has 0 atom stereocenters. The molecule has 2 aliphatic rings. The molecule has 2 aromatic rings. The number of anilines is 2. The number of hydrogen-bond acceptors (Lipinski definition) is 4. The number of carbonyl (C=O) groups is 2. The van der Waals surface area contributed by atoms with Crippen LogP contribution in [-0.2, 0) is 0 Å². The van der Waals surface area contributed by atoms with E-state index < -0.39 is 5.97 Å². The Morgan fingerprint density at radius 1 is 1.08 bits per heavy atom. The molecule has 2 heterocycles. The van der Waals surface area contributed by atoms with Crippen molar-refractivity contribution in [3.05, 3.63) is 53.9 Å². The summed E-state index contributed by atoms with van der Waals surface area (Å²) in [5, 5.41) is 8.96. The van der Waals surface area contributed by atoms with Gasteiger partial charge in [0.25, 0.3) is 5.91 Å². The van der Waals surface area contributed by atoms with Crippen LogP contribution in [0.2, 0.25) is 0 Å². The number of carboxylic acids is 1. The number of carboxylic acid groups (broad SMARTS) is 1. The predicted octanol–water partition coefficient (Wildman–Crippen LogP) is 2.66. The normalized spacial score (nSPS) is 16.5. The van der Waals surface area contributed by atoms with Crippen molar-refractivity contribution < 1.29 is 14.7 Å². The first-order chi connectivity index (χ1) is 12.1. The Bertz CT molecular complexity index is 815. The molecule has 25 heavy (non-hydrogen) atoms. The van der Waals surface area contributed by atoms with E-state index >= 15 is 0 Å². The Labute approximate surface area is 145 Å². The van der Waals surface area contributed by atoms with Crippen LogP contribution >= 0.6 is 0 Å². The van der Waals surface area contributed by atoms with Crippen molar-refractivity contribution >= 4 is 23.3 Å². The summed E-state index contributed by atoms with van der Waals surface area (Å²) in [5.74, 6) is -0.471. The topological polar surface area (TPSA) is 73.7 Å². The van der Waals surface area contributed by atoms with Gasteiger partial charge in [-0.05, 0) is 43.0 Å². The lowest BCUT2D eigenvalue weighted by molar-refractivity contribution is 0.0695. The summed E-state index contributed by atoms with van der Waals surface area (Å²) in [6, 6.07) is 10.8. The van der Waals surface area contributed by atoms with E-state index in [2.05, 4.69) is 16.0 Å². The third-order valence-electron chi connectivity index (χ3n) is 4.76. The average molecular weight is 337 g/mol. The lowest BCUT2D eigenvalue weighted by atomic mass is 10.1. The molecule has 1 N–H and O–H groups in total. The summed E-state index contributed by atoms with van der Waals surface area (Å²) in [6.45, 7) is 2.45. The number of rotatable bonds is 4. The molecule has 1 aliphatic carbocycles. The van der Waals surface area contributed by atoms with Gasteiger partial charge >= 0.3 is 5.97 Å². The van der Waals surface area contributed by atoms with E-state index in [4.69, 9.17) is 5.11 Å². The number of pyridine rings is 1. The fourth-order valence-electron chi connectivity index (χ4n) is 3.22. The van der Waals surface area contributed by atoms with Gasteiger partial charge in [-0.25, -0.2) is 4.79 Å². The zero-order chi connectivity index (χ0) is 17.4. The first-order valence-electron chi connectivity index (χ1n) is 8.48. The Balaban J connectivity index is 1.61. The molecule has 6 heteroatoms. The van der Waals surface area contributed by atoms with Crippen LogP contribution in [0.1, 0.15) is 33.7 Å². The highest BCUT2D eigenvalue weighted by atomic mass is 16.4. The van der Waals surface area contributed by atoms with Crippen LogP contribution in [0.4, 0.5) is 11.4 Å². The van der Waals surface area contributed by atoms with Gasteiger partial charge in [0.2, 0.25) is 0 Å². The molecule has 128 valence electrons. The van der Waals surface area contributed by atoms with Crippen molar-refractivity contribution in [2.45, 2.75) is 12.8 Å². The van der Waals surface area contributed by atoms with E-state index in [0.29, 0.717) is 6.54 Å². The number of aromatic nitrogens is 1. The summed E-state index contributed by atoms with van der Waals surface area (Å²) >= 11 is 0. The quantitative estimate of drug-likeness (QED) is 0.928. The SMILES string of the molecule is O=C(O)c1ccc(C(=O)N2CCN(CC3CC3)c3ccccc32)nc1. The molecule has 1 aliphatic heterocycles. The van der Waals surface area contributed by atoms with Crippen LogP contribution in [0.25, 0.3) is 0 Å². The minimum absolute atomic E-state index is 0.0752. The van der Waals surface area contributed by atoms with Crippen molar-refractivity contribution in [2.24, 2.45) is 5.92 Å². The molecular formula is C19H19N3O3. The smallest absolute Gasteiger partial charge is 0.337 e. The van der Waals surface area contributed by atoms with Gasteiger partial charge in [-0.2, -0.15) is 0 Å². The van der Waals surface area contributed by atoms with E-state index in [9.17, 15) is 9.59 Å². The average Bonchev–Trinajstić information content (AvgIpc) is 3.45. The van der Waals surface area contributed by atoms with E-state index in [1.54, 1.807) is 4.90 Å². The Morgan fingerprint density at radius 2 is 1.84 bits per heavy atom. The fraction of sp³-hybridized carbons (Fsp3) is 0.316. The molecule has 1 fully saturated rings. The van der Waals surface area contributed by atoms with Crippen LogP contribution in [0.15, 0.2) is 42.6 Å². The number of amides is 1. The van der Waals surface area contributed by atoms with Gasteiger partial charge in [0.05, 0.1) is 16.9 Å². The highest BCUT2D eigenvalue weighted by molar-refractivity contribution is 6.07. The Hall–Kier alpha value is -2.89. The van der Waals surface area contributed by atoms with Gasteiger partial charge in [0.1, 0.15) is 5.69 Å². The lowest BCUT2D eigenvalue weighted by Gasteiger charge is -2.37. The first-order valence-corrected chi connectivity index (χ1v) is 8.48. The largest absolute Gasteiger partial charge is 0.478 e. The summed E-state index contributed by atoms with van der Waals surface area (Å²) in [7, 11) is 0. The molecule has 0 spiro atoms. The molecule has 1 aromatic heterocycles. The highest BCUT2D eigenvalue weighted by Crippen LogP contribution is 2.37. The minimum Gasteiger partial charge on any atom is -0.478 e. The summed E-state index contributed by atoms with van der Waals surface area (Å²) in [4.78, 5) is 32.0. The number of para-hydroxylation sites is 2. The van der Waals surface area contributed by atoms with E-state index in [1.165, 1.54) is 31.2 Å². The van der Waals surface area contributed by atoms with Crippen molar-refractivity contribution in [1.82, 2.24) is 4.98 Å². The molecule has 0 unspecified atom stereocenters. The molecule has 0 bridgehead atoms. The number of fused-ring (bicyclic) bond motifs is 1. The highest BCUT2D eigenvalue weighted by Gasteiger charge is 2.31. The molecule has 1 amide bonds. The zero-order valence-corrected chi connectivity index (χ0v) is 13.8. The van der Waals surface area contributed by atoms with E-state index in [-0.39, 0.29) is 17.2 Å². The lowest BCUT2D eigenvalue weighted by Crippen LogP contribution is -2.45. The Morgan fingerprint density at radius 3 is 2.48 bits per heavy atom. The van der Waals surface area contributed by atoms with Gasteiger partial charge in [0, 0.05) is 25.8 Å². The molecule has 6 nitrogen and oxygen atoms in total. The Kier molecular flexibility index (Phi) is 3.87. The van der Waals surface area contributed by atoms with E-state index in [1.807, 2.05) is 18.2 Å². The maximum atomic E-state index is 12.9. The number of benzene rings is 1.